The van der Waals surface area contributed by atoms with Gasteiger partial charge in [-0.05, 0) is 69.7 Å². The molecule has 0 spiro atoms. The summed E-state index contributed by atoms with van der Waals surface area (Å²) in [5.74, 6) is 0.926. The van der Waals surface area contributed by atoms with E-state index in [-0.39, 0.29) is 0 Å². The minimum absolute atomic E-state index is 0.457. The highest BCUT2D eigenvalue weighted by molar-refractivity contribution is 5.98. The van der Waals surface area contributed by atoms with Crippen molar-refractivity contribution in [2.45, 2.75) is 25.8 Å². The molecule has 5 rings (SSSR count). The zero-order valence-electron chi connectivity index (χ0n) is 16.2. The molecule has 1 fully saturated rings. The van der Waals surface area contributed by atoms with Gasteiger partial charge in [-0.25, -0.2) is 15.0 Å². The smallest absolute Gasteiger partial charge is 0.138 e. The average molecular weight is 372 g/mol. The number of aryl methyl sites for hydroxylation is 1. The highest BCUT2D eigenvalue weighted by Gasteiger charge is 2.18. The molecular weight excluding hydrogens is 348 g/mol. The van der Waals surface area contributed by atoms with E-state index in [0.29, 0.717) is 6.04 Å². The van der Waals surface area contributed by atoms with E-state index in [4.69, 9.17) is 0 Å². The van der Waals surface area contributed by atoms with Crippen LogP contribution in [0.1, 0.15) is 18.5 Å². The fourth-order valence-electron chi connectivity index (χ4n) is 4.03. The highest BCUT2D eigenvalue weighted by Crippen LogP contribution is 2.32. The van der Waals surface area contributed by atoms with Crippen molar-refractivity contribution in [3.63, 3.8) is 0 Å². The minimum Gasteiger partial charge on any atom is -0.367 e. The van der Waals surface area contributed by atoms with E-state index in [1.54, 1.807) is 6.33 Å². The first-order valence-electron chi connectivity index (χ1n) is 9.82. The van der Waals surface area contributed by atoms with E-state index in [1.165, 1.54) is 0 Å². The summed E-state index contributed by atoms with van der Waals surface area (Å²) in [6.07, 6.45) is 5.95. The maximum atomic E-state index is 4.59. The van der Waals surface area contributed by atoms with E-state index in [1.807, 2.05) is 13.1 Å². The van der Waals surface area contributed by atoms with Gasteiger partial charge in [0, 0.05) is 34.3 Å². The third-order valence-corrected chi connectivity index (χ3v) is 5.68. The Kier molecular flexibility index (Phi) is 4.20. The van der Waals surface area contributed by atoms with Gasteiger partial charge < -0.3 is 15.2 Å². The lowest BCUT2D eigenvalue weighted by Crippen LogP contribution is -2.36. The quantitative estimate of drug-likeness (QED) is 0.569. The number of pyridine rings is 1. The van der Waals surface area contributed by atoms with Crippen LogP contribution in [0.3, 0.4) is 0 Å². The van der Waals surface area contributed by atoms with Crippen molar-refractivity contribution in [3.05, 3.63) is 48.5 Å². The van der Waals surface area contributed by atoms with Crippen molar-refractivity contribution in [1.82, 2.24) is 24.8 Å². The molecule has 6 heteroatoms. The average Bonchev–Trinajstić information content (AvgIpc) is 3.12. The summed E-state index contributed by atoms with van der Waals surface area (Å²) in [7, 11) is 2.18. The van der Waals surface area contributed by atoms with Gasteiger partial charge in [-0.15, -0.1) is 0 Å². The van der Waals surface area contributed by atoms with Gasteiger partial charge in [-0.3, -0.25) is 0 Å². The van der Waals surface area contributed by atoms with Crippen LogP contribution in [0.25, 0.3) is 33.1 Å². The number of piperidine rings is 1. The highest BCUT2D eigenvalue weighted by atomic mass is 15.1. The zero-order chi connectivity index (χ0) is 19.1. The Labute approximate surface area is 164 Å². The van der Waals surface area contributed by atoms with Crippen LogP contribution in [0.2, 0.25) is 0 Å². The molecule has 1 saturated heterocycles. The van der Waals surface area contributed by atoms with Gasteiger partial charge in [0.1, 0.15) is 17.8 Å². The summed E-state index contributed by atoms with van der Waals surface area (Å²) in [4.78, 5) is 19.3. The maximum Gasteiger partial charge on any atom is 0.138 e. The number of aromatic nitrogens is 4. The van der Waals surface area contributed by atoms with Crippen LogP contribution in [-0.2, 0) is 0 Å². The summed E-state index contributed by atoms with van der Waals surface area (Å²) in [6, 6.07) is 11.0. The van der Waals surface area contributed by atoms with Crippen molar-refractivity contribution in [3.8, 4) is 11.1 Å². The van der Waals surface area contributed by atoms with Crippen molar-refractivity contribution in [2.75, 3.05) is 25.5 Å². The number of rotatable bonds is 3. The molecule has 0 aliphatic carbocycles. The van der Waals surface area contributed by atoms with Crippen LogP contribution in [0, 0.1) is 6.92 Å². The van der Waals surface area contributed by atoms with Gasteiger partial charge >= 0.3 is 0 Å². The Bertz CT molecular complexity index is 1140. The second-order valence-electron chi connectivity index (χ2n) is 7.73. The lowest BCUT2D eigenvalue weighted by atomic mass is 10.0. The summed E-state index contributed by atoms with van der Waals surface area (Å²) in [6.45, 7) is 4.25. The van der Waals surface area contributed by atoms with E-state index in [0.717, 1.165) is 70.5 Å². The molecule has 4 heterocycles. The number of hydrogen-bond donors (Lipinski definition) is 2. The standard InChI is InChI=1S/C22H24N6/c1-14-3-5-17-19(12-23-21(17)26-14)15-4-6-20-18(11-15)22(25-13-24-20)27-16-7-9-28(2)10-8-16/h3-6,11-13,16H,7-10H2,1-2H3,(H,23,26)(H,24,25,27). The Morgan fingerprint density at radius 3 is 2.79 bits per heavy atom. The van der Waals surface area contributed by atoms with Crippen LogP contribution in [-0.4, -0.2) is 51.0 Å². The molecule has 0 bridgehead atoms. The first-order valence-corrected chi connectivity index (χ1v) is 9.82. The molecule has 0 unspecified atom stereocenters. The van der Waals surface area contributed by atoms with E-state index in [2.05, 4.69) is 67.5 Å². The van der Waals surface area contributed by atoms with Crippen LogP contribution >= 0.6 is 0 Å². The fraction of sp³-hybridized carbons (Fsp3) is 0.318. The van der Waals surface area contributed by atoms with Gasteiger partial charge in [0.15, 0.2) is 0 Å². The summed E-state index contributed by atoms with van der Waals surface area (Å²) < 4.78 is 0. The molecule has 0 atom stereocenters. The molecule has 1 aliphatic heterocycles. The van der Waals surface area contributed by atoms with Crippen LogP contribution in [0.4, 0.5) is 5.82 Å². The number of H-pyrrole nitrogens is 1. The molecule has 142 valence electrons. The number of nitrogens with zero attached hydrogens (tertiary/aromatic N) is 4. The van der Waals surface area contributed by atoms with Crippen LogP contribution in [0.5, 0.6) is 0 Å². The number of aromatic amines is 1. The summed E-state index contributed by atoms with van der Waals surface area (Å²) in [5.41, 5.74) is 5.19. The number of benzene rings is 1. The van der Waals surface area contributed by atoms with Gasteiger partial charge in [-0.1, -0.05) is 6.07 Å². The fourth-order valence-corrected chi connectivity index (χ4v) is 4.03. The first-order chi connectivity index (χ1) is 13.7. The number of hydrogen-bond acceptors (Lipinski definition) is 5. The zero-order valence-corrected chi connectivity index (χ0v) is 16.2. The van der Waals surface area contributed by atoms with E-state index in [9.17, 15) is 0 Å². The Hall–Kier alpha value is -2.99. The molecular formula is C22H24N6. The second kappa shape index (κ2) is 6.87. The molecule has 2 N–H and O–H groups in total. The Morgan fingerprint density at radius 2 is 1.93 bits per heavy atom. The number of anilines is 1. The molecule has 6 nitrogen and oxygen atoms in total. The number of nitrogens with one attached hydrogen (secondary N) is 2. The van der Waals surface area contributed by atoms with Crippen molar-refractivity contribution >= 4 is 27.8 Å². The molecule has 1 aliphatic rings. The first kappa shape index (κ1) is 17.1. The van der Waals surface area contributed by atoms with Crippen LogP contribution in [0.15, 0.2) is 42.9 Å². The molecule has 28 heavy (non-hydrogen) atoms. The normalized spacial score (nSPS) is 16.1. The molecule has 3 aromatic heterocycles. The molecule has 1 aromatic carbocycles. The molecule has 0 amide bonds. The van der Waals surface area contributed by atoms with E-state index < -0.39 is 0 Å². The predicted molar refractivity (Wildman–Crippen MR) is 114 cm³/mol. The van der Waals surface area contributed by atoms with Crippen molar-refractivity contribution in [1.29, 1.82) is 0 Å². The van der Waals surface area contributed by atoms with Gasteiger partial charge in [0.2, 0.25) is 0 Å². The SMILES string of the molecule is Cc1ccc2c(-c3ccc4ncnc(NC5CCN(C)CC5)c4c3)c[nH]c2n1. The molecule has 0 saturated carbocycles. The summed E-state index contributed by atoms with van der Waals surface area (Å²) >= 11 is 0. The third-order valence-electron chi connectivity index (χ3n) is 5.68. The van der Waals surface area contributed by atoms with Crippen LogP contribution < -0.4 is 5.32 Å². The Morgan fingerprint density at radius 1 is 1.07 bits per heavy atom. The van der Waals surface area contributed by atoms with Crippen molar-refractivity contribution in [2.24, 2.45) is 0 Å². The van der Waals surface area contributed by atoms with Crippen molar-refractivity contribution < 1.29 is 0 Å². The Balaban J connectivity index is 1.54. The monoisotopic (exact) mass is 372 g/mol. The molecule has 0 radical (unpaired) electrons. The topological polar surface area (TPSA) is 69.7 Å². The third kappa shape index (κ3) is 3.10. The lowest BCUT2D eigenvalue weighted by Gasteiger charge is -2.30. The van der Waals surface area contributed by atoms with Gasteiger partial charge in [0.25, 0.3) is 0 Å². The second-order valence-corrected chi connectivity index (χ2v) is 7.73. The van der Waals surface area contributed by atoms with Gasteiger partial charge in [-0.2, -0.15) is 0 Å². The van der Waals surface area contributed by atoms with E-state index >= 15 is 0 Å². The number of likely N-dealkylation sites (tertiary alicyclic amines) is 1. The largest absolute Gasteiger partial charge is 0.367 e. The molecule has 4 aromatic rings. The lowest BCUT2D eigenvalue weighted by molar-refractivity contribution is 0.264. The predicted octanol–water partition coefficient (Wildman–Crippen LogP) is 3.99. The maximum absolute atomic E-state index is 4.59. The van der Waals surface area contributed by atoms with Gasteiger partial charge in [0.05, 0.1) is 5.52 Å². The minimum atomic E-state index is 0.457. The summed E-state index contributed by atoms with van der Waals surface area (Å²) in [5, 5.41) is 5.86. The number of fused-ring (bicyclic) bond motifs is 2.